The fourth-order valence-corrected chi connectivity index (χ4v) is 2.64. The summed E-state index contributed by atoms with van der Waals surface area (Å²) >= 11 is 0.560. The number of ether oxygens (including phenoxy) is 5. The van der Waals surface area contributed by atoms with Gasteiger partial charge in [-0.2, -0.15) is 0 Å². The molecule has 188 valence electrons. The highest BCUT2D eigenvalue weighted by Crippen LogP contribution is 2.11. The van der Waals surface area contributed by atoms with Gasteiger partial charge in [0.1, 0.15) is 12.6 Å². The summed E-state index contributed by atoms with van der Waals surface area (Å²) in [4.78, 5) is 59.2. The molecule has 0 bridgehead atoms. The van der Waals surface area contributed by atoms with Crippen molar-refractivity contribution in [1.82, 2.24) is 5.32 Å². The first-order valence-electron chi connectivity index (χ1n) is 10.4. The molecule has 0 aliphatic carbocycles. The van der Waals surface area contributed by atoms with Crippen LogP contribution in [0.15, 0.2) is 30.3 Å². The van der Waals surface area contributed by atoms with Crippen molar-refractivity contribution in [3.63, 3.8) is 0 Å². The normalized spacial score (nSPS) is 11.4. The van der Waals surface area contributed by atoms with E-state index in [9.17, 15) is 24.0 Å². The number of nitrogens with one attached hydrogen (secondary N) is 1. The molecule has 1 aromatic rings. The molecule has 0 unspecified atom stereocenters. The van der Waals surface area contributed by atoms with E-state index >= 15 is 0 Å². The van der Waals surface area contributed by atoms with Gasteiger partial charge in [0.15, 0.2) is 0 Å². The zero-order chi connectivity index (χ0) is 25.5. The summed E-state index contributed by atoms with van der Waals surface area (Å²) in [5.74, 6) is -2.98. The molecule has 1 amide bonds. The highest BCUT2D eigenvalue weighted by Gasteiger charge is 2.25. The van der Waals surface area contributed by atoms with Crippen molar-refractivity contribution >= 4 is 41.1 Å². The molecule has 0 saturated carbocycles. The van der Waals surface area contributed by atoms with E-state index in [1.54, 1.807) is 58.0 Å². The Morgan fingerprint density at radius 2 is 1.32 bits per heavy atom. The minimum atomic E-state index is -1.28. The molecule has 11 nitrogen and oxygen atoms in total. The van der Waals surface area contributed by atoms with Gasteiger partial charge >= 0.3 is 29.3 Å². The van der Waals surface area contributed by atoms with E-state index in [4.69, 9.17) is 23.7 Å². The van der Waals surface area contributed by atoms with E-state index in [2.05, 4.69) is 5.32 Å². The molecular weight excluding hydrogens is 470 g/mol. The van der Waals surface area contributed by atoms with Gasteiger partial charge in [-0.25, -0.2) is 14.4 Å². The number of thioether (sulfide) groups is 1. The van der Waals surface area contributed by atoms with E-state index in [1.807, 2.05) is 0 Å². The predicted molar refractivity (Wildman–Crippen MR) is 120 cm³/mol. The third-order valence-electron chi connectivity index (χ3n) is 3.88. The number of hydrogen-bond acceptors (Lipinski definition) is 11. The maximum Gasteiger partial charge on any atom is 0.410 e. The van der Waals surface area contributed by atoms with Crippen molar-refractivity contribution in [2.24, 2.45) is 11.8 Å². The van der Waals surface area contributed by atoms with Gasteiger partial charge in [0.05, 0.1) is 11.8 Å². The zero-order valence-electron chi connectivity index (χ0n) is 19.4. The average molecular weight is 500 g/mol. The second-order valence-corrected chi connectivity index (χ2v) is 8.35. The summed E-state index contributed by atoms with van der Waals surface area (Å²) in [6.07, 6.45) is -1.06. The van der Waals surface area contributed by atoms with Crippen molar-refractivity contribution < 1.29 is 47.7 Å². The van der Waals surface area contributed by atoms with E-state index in [-0.39, 0.29) is 18.3 Å². The Balaban J connectivity index is 2.60. The van der Waals surface area contributed by atoms with E-state index in [1.165, 1.54) is 0 Å². The number of hydrogen-bond donors (Lipinski definition) is 1. The second kappa shape index (κ2) is 15.5. The van der Waals surface area contributed by atoms with Crippen LogP contribution in [0.3, 0.4) is 0 Å². The van der Waals surface area contributed by atoms with Crippen LogP contribution in [0, 0.1) is 11.8 Å². The van der Waals surface area contributed by atoms with Crippen LogP contribution in [-0.2, 0) is 44.7 Å². The van der Waals surface area contributed by atoms with E-state index < -0.39 is 54.8 Å². The molecule has 1 atom stereocenters. The summed E-state index contributed by atoms with van der Waals surface area (Å²) < 4.78 is 24.2. The number of amides is 1. The third-order valence-corrected chi connectivity index (χ3v) is 4.73. The Morgan fingerprint density at radius 3 is 1.88 bits per heavy atom. The lowest BCUT2D eigenvalue weighted by Gasteiger charge is -2.17. The van der Waals surface area contributed by atoms with Crippen LogP contribution in [0.2, 0.25) is 0 Å². The lowest BCUT2D eigenvalue weighted by Crippen LogP contribution is -2.44. The monoisotopic (exact) mass is 499 g/mol. The summed E-state index contributed by atoms with van der Waals surface area (Å²) in [5, 5.41) is 1.42. The van der Waals surface area contributed by atoms with Crippen LogP contribution in [0.1, 0.15) is 33.3 Å². The molecule has 0 fully saturated rings. The van der Waals surface area contributed by atoms with Crippen LogP contribution < -0.4 is 5.32 Å². The van der Waals surface area contributed by atoms with Crippen molar-refractivity contribution in [2.45, 2.75) is 40.3 Å². The highest BCUT2D eigenvalue weighted by molar-refractivity contribution is 8.13. The fraction of sp³-hybridized carbons (Fsp3) is 0.500. The zero-order valence-corrected chi connectivity index (χ0v) is 20.3. The van der Waals surface area contributed by atoms with Crippen molar-refractivity contribution in [2.75, 3.05) is 19.3 Å². The number of alkyl carbamates (subject to hydrolysis) is 1. The molecule has 1 N–H and O–H groups in total. The summed E-state index contributed by atoms with van der Waals surface area (Å²) in [5.41, 5.74) is 0.719. The lowest BCUT2D eigenvalue weighted by molar-refractivity contribution is -0.156. The molecule has 0 saturated heterocycles. The first-order valence-corrected chi connectivity index (χ1v) is 11.3. The van der Waals surface area contributed by atoms with Crippen molar-refractivity contribution in [3.05, 3.63) is 35.9 Å². The first-order chi connectivity index (χ1) is 16.1. The lowest BCUT2D eigenvalue weighted by atomic mass is 10.2. The molecule has 1 rings (SSSR count). The standard InChI is InChI=1S/C22H29NO10S/c1-14(2)18(24)30-12-32-21(27)23-17(20(26)29-10-16-8-6-5-7-9-16)11-34-22(28)33-13-31-19(25)15(3)4/h5-9,14-15,17H,10-13H2,1-4H3,(H,23,27)/t17-/m0/s1. The number of benzene rings is 1. The quantitative estimate of drug-likeness (QED) is 0.257. The Kier molecular flexibility index (Phi) is 13.1. The van der Waals surface area contributed by atoms with Gasteiger partial charge < -0.3 is 29.0 Å². The second-order valence-electron chi connectivity index (χ2n) is 7.40. The molecule has 12 heteroatoms. The molecular formula is C22H29NO10S. The maximum absolute atomic E-state index is 12.5. The minimum Gasteiger partial charge on any atom is -0.459 e. The predicted octanol–water partition coefficient (Wildman–Crippen LogP) is 3.01. The average Bonchev–Trinajstić information content (AvgIpc) is 2.80. The van der Waals surface area contributed by atoms with E-state index in [0.29, 0.717) is 11.8 Å². The van der Waals surface area contributed by atoms with Crippen molar-refractivity contribution in [1.29, 1.82) is 0 Å². The Labute approximate surface area is 201 Å². The smallest absolute Gasteiger partial charge is 0.410 e. The topological polar surface area (TPSA) is 144 Å². The maximum atomic E-state index is 12.5. The van der Waals surface area contributed by atoms with Gasteiger partial charge in [0.25, 0.3) is 0 Å². The van der Waals surface area contributed by atoms with Crippen LogP contribution >= 0.6 is 11.8 Å². The van der Waals surface area contributed by atoms with Gasteiger partial charge in [0.2, 0.25) is 13.6 Å². The molecule has 0 aromatic heterocycles. The first kappa shape index (κ1) is 28.8. The summed E-state index contributed by atoms with van der Waals surface area (Å²) in [6, 6.07) is 7.56. The number of carbonyl (C=O) groups is 5. The molecule has 0 aliphatic heterocycles. The van der Waals surface area contributed by atoms with Gasteiger partial charge in [-0.3, -0.25) is 9.59 Å². The summed E-state index contributed by atoms with van der Waals surface area (Å²) in [6.45, 7) is 5.19. The Hall–Kier alpha value is -3.28. The van der Waals surface area contributed by atoms with E-state index in [0.717, 1.165) is 5.56 Å². The SMILES string of the molecule is CC(C)C(=O)OCOC(=O)N[C@@H](CSC(=O)OCOC(=O)C(C)C)C(=O)OCc1ccccc1. The molecule has 34 heavy (non-hydrogen) atoms. The molecule has 0 spiro atoms. The van der Waals surface area contributed by atoms with Crippen LogP contribution in [-0.4, -0.2) is 54.7 Å². The fourth-order valence-electron chi connectivity index (χ4n) is 1.98. The van der Waals surface area contributed by atoms with Gasteiger partial charge in [-0.15, -0.1) is 0 Å². The van der Waals surface area contributed by atoms with Crippen molar-refractivity contribution in [3.8, 4) is 0 Å². The van der Waals surface area contributed by atoms with Crippen LogP contribution in [0.4, 0.5) is 9.59 Å². The Morgan fingerprint density at radius 1 is 0.765 bits per heavy atom. The van der Waals surface area contributed by atoms with Gasteiger partial charge in [0, 0.05) is 5.75 Å². The minimum absolute atomic E-state index is 0.0564. The third kappa shape index (κ3) is 12.1. The number of esters is 3. The van der Waals surface area contributed by atoms with Gasteiger partial charge in [-0.1, -0.05) is 58.0 Å². The molecule has 0 aliphatic rings. The molecule has 1 aromatic carbocycles. The van der Waals surface area contributed by atoms with Gasteiger partial charge in [-0.05, 0) is 17.3 Å². The number of rotatable bonds is 12. The van der Waals surface area contributed by atoms with Crippen LogP contribution in [0.25, 0.3) is 0 Å². The molecule has 0 heterocycles. The highest BCUT2D eigenvalue weighted by atomic mass is 32.2. The van der Waals surface area contributed by atoms with Crippen LogP contribution in [0.5, 0.6) is 0 Å². The largest absolute Gasteiger partial charge is 0.459 e. The molecule has 0 radical (unpaired) electrons. The Bertz CT molecular complexity index is 828. The number of carbonyl (C=O) groups excluding carboxylic acids is 5. The summed E-state index contributed by atoms with van der Waals surface area (Å²) in [7, 11) is 0.